The molecule has 0 spiro atoms. The maximum Gasteiger partial charge on any atom is 0.226 e. The number of nitrogens with zero attached hydrogens (tertiary/aromatic N) is 2. The van der Waals surface area contributed by atoms with Gasteiger partial charge in [0.15, 0.2) is 0 Å². The van der Waals surface area contributed by atoms with Gasteiger partial charge >= 0.3 is 0 Å². The molecule has 1 aromatic heterocycles. The summed E-state index contributed by atoms with van der Waals surface area (Å²) in [6, 6.07) is 14.7. The lowest BCUT2D eigenvalue weighted by molar-refractivity contribution is 0.273. The van der Waals surface area contributed by atoms with Crippen molar-refractivity contribution in [1.29, 1.82) is 0 Å². The van der Waals surface area contributed by atoms with E-state index in [-0.39, 0.29) is 0 Å². The van der Waals surface area contributed by atoms with Gasteiger partial charge in [-0.2, -0.15) is 0 Å². The van der Waals surface area contributed by atoms with Crippen molar-refractivity contribution in [3.8, 4) is 11.5 Å². The summed E-state index contributed by atoms with van der Waals surface area (Å²) in [7, 11) is 0. The van der Waals surface area contributed by atoms with Gasteiger partial charge in [-0.05, 0) is 42.8 Å². The molecule has 0 radical (unpaired) electrons. The van der Waals surface area contributed by atoms with Crippen molar-refractivity contribution < 1.29 is 4.42 Å². The van der Waals surface area contributed by atoms with Crippen LogP contribution in [-0.4, -0.2) is 23.0 Å². The molecule has 3 nitrogen and oxygen atoms in total. The Morgan fingerprint density at radius 2 is 1.70 bits per heavy atom. The molecule has 118 valence electrons. The van der Waals surface area contributed by atoms with Gasteiger partial charge in [-0.15, -0.1) is 0 Å². The minimum absolute atomic E-state index is 0.728. The zero-order chi connectivity index (χ0) is 15.5. The van der Waals surface area contributed by atoms with E-state index in [2.05, 4.69) is 47.4 Å². The van der Waals surface area contributed by atoms with Crippen molar-refractivity contribution in [3.63, 3.8) is 0 Å². The Labute approximate surface area is 136 Å². The van der Waals surface area contributed by atoms with E-state index in [4.69, 9.17) is 9.40 Å². The smallest absolute Gasteiger partial charge is 0.226 e. The number of likely N-dealkylation sites (tertiary alicyclic amines) is 1. The highest BCUT2D eigenvalue weighted by molar-refractivity contribution is 5.94. The summed E-state index contributed by atoms with van der Waals surface area (Å²) in [5.41, 5.74) is 2.11. The van der Waals surface area contributed by atoms with E-state index in [9.17, 15) is 0 Å². The Kier molecular flexibility index (Phi) is 4.12. The molecule has 3 heteroatoms. The fraction of sp³-hybridized carbons (Fsp3) is 0.350. The predicted octanol–water partition coefficient (Wildman–Crippen LogP) is 4.87. The van der Waals surface area contributed by atoms with Gasteiger partial charge in [0.1, 0.15) is 6.26 Å². The minimum Gasteiger partial charge on any atom is -0.444 e. The average molecular weight is 306 g/mol. The topological polar surface area (TPSA) is 29.3 Å². The van der Waals surface area contributed by atoms with Gasteiger partial charge in [-0.1, -0.05) is 49.2 Å². The van der Waals surface area contributed by atoms with Crippen LogP contribution in [0.25, 0.3) is 22.2 Å². The maximum atomic E-state index is 5.79. The third kappa shape index (κ3) is 3.15. The van der Waals surface area contributed by atoms with Crippen LogP contribution in [0.3, 0.4) is 0 Å². The first kappa shape index (κ1) is 14.5. The summed E-state index contributed by atoms with van der Waals surface area (Å²) < 4.78 is 5.79. The molecular formula is C20H22N2O. The second kappa shape index (κ2) is 6.55. The van der Waals surface area contributed by atoms with Crippen molar-refractivity contribution in [2.24, 2.45) is 0 Å². The summed E-state index contributed by atoms with van der Waals surface area (Å²) in [5.74, 6) is 0.728. The van der Waals surface area contributed by atoms with Crippen LogP contribution >= 0.6 is 0 Å². The lowest BCUT2D eigenvalue weighted by Crippen LogP contribution is -2.24. The highest BCUT2D eigenvalue weighted by Gasteiger charge is 2.14. The van der Waals surface area contributed by atoms with Gasteiger partial charge in [0.05, 0.1) is 5.69 Å². The van der Waals surface area contributed by atoms with E-state index in [1.54, 1.807) is 0 Å². The molecule has 1 aliphatic rings. The minimum atomic E-state index is 0.728. The molecule has 0 amide bonds. The number of oxazole rings is 1. The zero-order valence-electron chi connectivity index (χ0n) is 13.4. The molecule has 0 aliphatic carbocycles. The molecule has 0 unspecified atom stereocenters. The van der Waals surface area contributed by atoms with Gasteiger partial charge in [-0.25, -0.2) is 4.98 Å². The zero-order valence-corrected chi connectivity index (χ0v) is 13.4. The normalized spacial score (nSPS) is 16.5. The molecule has 4 rings (SSSR count). The first-order valence-corrected chi connectivity index (χ1v) is 8.55. The SMILES string of the molecule is c1ccc2c(-c3nc(CN4CCCCCC4)co3)cccc2c1. The summed E-state index contributed by atoms with van der Waals surface area (Å²) in [6.45, 7) is 3.25. The Morgan fingerprint density at radius 3 is 2.57 bits per heavy atom. The molecular weight excluding hydrogens is 284 g/mol. The van der Waals surface area contributed by atoms with Crippen LogP contribution in [-0.2, 0) is 6.54 Å². The van der Waals surface area contributed by atoms with Gasteiger partial charge in [0.25, 0.3) is 0 Å². The molecule has 0 saturated carbocycles. The Hall–Kier alpha value is -2.13. The van der Waals surface area contributed by atoms with Crippen molar-refractivity contribution in [2.75, 3.05) is 13.1 Å². The molecule has 2 heterocycles. The Morgan fingerprint density at radius 1 is 0.913 bits per heavy atom. The lowest BCUT2D eigenvalue weighted by atomic mass is 10.0. The second-order valence-electron chi connectivity index (χ2n) is 6.36. The molecule has 2 aromatic carbocycles. The maximum absolute atomic E-state index is 5.79. The van der Waals surface area contributed by atoms with E-state index >= 15 is 0 Å². The van der Waals surface area contributed by atoms with Crippen molar-refractivity contribution in [2.45, 2.75) is 32.2 Å². The number of benzene rings is 2. The van der Waals surface area contributed by atoms with Crippen LogP contribution in [0, 0.1) is 0 Å². The standard InChI is InChI=1S/C20H22N2O/c1-2-6-13-22(12-5-1)14-17-15-23-20(21-17)19-11-7-9-16-8-3-4-10-18(16)19/h3-4,7-11,15H,1-2,5-6,12-14H2. The van der Waals surface area contributed by atoms with Gasteiger partial charge in [-0.3, -0.25) is 4.90 Å². The van der Waals surface area contributed by atoms with Gasteiger partial charge < -0.3 is 4.42 Å². The molecule has 1 saturated heterocycles. The number of hydrogen-bond acceptors (Lipinski definition) is 3. The Balaban J connectivity index is 1.59. The Bertz CT molecular complexity index is 780. The van der Waals surface area contributed by atoms with E-state index in [0.29, 0.717) is 0 Å². The molecule has 23 heavy (non-hydrogen) atoms. The summed E-state index contributed by atoms with van der Waals surface area (Å²) in [4.78, 5) is 7.24. The molecule has 1 aliphatic heterocycles. The van der Waals surface area contributed by atoms with Crippen LogP contribution in [0.15, 0.2) is 53.1 Å². The average Bonchev–Trinajstić information content (AvgIpc) is 2.90. The number of hydrogen-bond donors (Lipinski definition) is 0. The monoisotopic (exact) mass is 306 g/mol. The summed E-state index contributed by atoms with van der Waals surface area (Å²) >= 11 is 0. The highest BCUT2D eigenvalue weighted by Crippen LogP contribution is 2.28. The molecule has 3 aromatic rings. The van der Waals surface area contributed by atoms with Crippen LogP contribution in [0.1, 0.15) is 31.4 Å². The molecule has 1 fully saturated rings. The van der Waals surface area contributed by atoms with Crippen molar-refractivity contribution in [1.82, 2.24) is 9.88 Å². The van der Waals surface area contributed by atoms with Crippen LogP contribution in [0.4, 0.5) is 0 Å². The highest BCUT2D eigenvalue weighted by atomic mass is 16.3. The third-order valence-corrected chi connectivity index (χ3v) is 4.66. The molecule has 0 N–H and O–H groups in total. The van der Waals surface area contributed by atoms with E-state index < -0.39 is 0 Å². The van der Waals surface area contributed by atoms with E-state index in [0.717, 1.165) is 23.7 Å². The van der Waals surface area contributed by atoms with Crippen LogP contribution in [0.5, 0.6) is 0 Å². The first-order valence-electron chi connectivity index (χ1n) is 8.55. The second-order valence-corrected chi connectivity index (χ2v) is 6.36. The lowest BCUT2D eigenvalue weighted by Gasteiger charge is -2.17. The van der Waals surface area contributed by atoms with Crippen molar-refractivity contribution in [3.05, 3.63) is 54.4 Å². The van der Waals surface area contributed by atoms with Crippen LogP contribution < -0.4 is 0 Å². The van der Waals surface area contributed by atoms with E-state index in [1.807, 2.05) is 6.26 Å². The number of fused-ring (bicyclic) bond motifs is 1. The molecule has 0 atom stereocenters. The van der Waals surface area contributed by atoms with Crippen molar-refractivity contribution >= 4 is 10.8 Å². The summed E-state index contributed by atoms with van der Waals surface area (Å²) in [5, 5.41) is 2.41. The first-order chi connectivity index (χ1) is 11.4. The van der Waals surface area contributed by atoms with E-state index in [1.165, 1.54) is 49.5 Å². The quantitative estimate of drug-likeness (QED) is 0.691. The largest absolute Gasteiger partial charge is 0.444 e. The fourth-order valence-electron chi connectivity index (χ4n) is 3.44. The van der Waals surface area contributed by atoms with Gasteiger partial charge in [0.2, 0.25) is 5.89 Å². The number of aromatic nitrogens is 1. The summed E-state index contributed by atoms with van der Waals surface area (Å²) in [6.07, 6.45) is 7.14. The fourth-order valence-corrected chi connectivity index (χ4v) is 3.44. The number of rotatable bonds is 3. The van der Waals surface area contributed by atoms with Gasteiger partial charge in [0, 0.05) is 12.1 Å². The predicted molar refractivity (Wildman–Crippen MR) is 93.2 cm³/mol. The third-order valence-electron chi connectivity index (χ3n) is 4.66. The molecule has 0 bridgehead atoms. The van der Waals surface area contributed by atoms with Crippen LogP contribution in [0.2, 0.25) is 0 Å².